The Bertz CT molecular complexity index is 571. The molecule has 0 N–H and O–H groups in total. The Labute approximate surface area is 128 Å². The number of benzene rings is 2. The monoisotopic (exact) mass is 279 g/mol. The molecule has 1 heteroatoms. The van der Waals surface area contributed by atoms with Crippen molar-refractivity contribution < 1.29 is 0 Å². The first-order valence-corrected chi connectivity index (χ1v) is 8.23. The number of para-hydroxylation sites is 1. The summed E-state index contributed by atoms with van der Waals surface area (Å²) in [7, 11) is 0. The van der Waals surface area contributed by atoms with Crippen LogP contribution in [0, 0.1) is 5.92 Å². The van der Waals surface area contributed by atoms with E-state index < -0.39 is 0 Å². The summed E-state index contributed by atoms with van der Waals surface area (Å²) in [6.07, 6.45) is 3.66. The van der Waals surface area contributed by atoms with Gasteiger partial charge in [0.25, 0.3) is 0 Å². The van der Waals surface area contributed by atoms with Crippen LogP contribution >= 0.6 is 0 Å². The standard InChI is InChI=1S/C20H25N/c1-3-16(4-2)15-21-19-13-9-8-12-18(19)14-20(21)17-10-6-5-7-11-17/h5-13,16,20H,3-4,14-15H2,1-2H3. The zero-order valence-electron chi connectivity index (χ0n) is 13.1. The second-order valence-electron chi connectivity index (χ2n) is 6.09. The van der Waals surface area contributed by atoms with Crippen LogP contribution in [0.3, 0.4) is 0 Å². The Kier molecular flexibility index (Phi) is 4.28. The quantitative estimate of drug-likeness (QED) is 0.724. The fraction of sp³-hybridized carbons (Fsp3) is 0.400. The smallest absolute Gasteiger partial charge is 0.0583 e. The van der Waals surface area contributed by atoms with Crippen LogP contribution in [-0.4, -0.2) is 6.54 Å². The molecule has 0 fully saturated rings. The molecule has 1 aliphatic heterocycles. The van der Waals surface area contributed by atoms with E-state index in [1.54, 1.807) is 0 Å². The summed E-state index contributed by atoms with van der Waals surface area (Å²) in [5, 5.41) is 0. The summed E-state index contributed by atoms with van der Waals surface area (Å²) in [4.78, 5) is 2.64. The zero-order chi connectivity index (χ0) is 14.7. The molecule has 21 heavy (non-hydrogen) atoms. The van der Waals surface area contributed by atoms with Crippen LogP contribution in [0.1, 0.15) is 43.9 Å². The normalized spacial score (nSPS) is 17.3. The van der Waals surface area contributed by atoms with Crippen LogP contribution in [0.4, 0.5) is 5.69 Å². The minimum atomic E-state index is 0.504. The second-order valence-corrected chi connectivity index (χ2v) is 6.09. The summed E-state index contributed by atoms with van der Waals surface area (Å²) in [5.74, 6) is 0.780. The number of rotatable bonds is 5. The fourth-order valence-corrected chi connectivity index (χ4v) is 3.47. The summed E-state index contributed by atoms with van der Waals surface area (Å²) < 4.78 is 0. The van der Waals surface area contributed by atoms with E-state index in [2.05, 4.69) is 73.3 Å². The van der Waals surface area contributed by atoms with Crippen LogP contribution in [0.25, 0.3) is 0 Å². The largest absolute Gasteiger partial charge is 0.364 e. The van der Waals surface area contributed by atoms with Gasteiger partial charge in [-0.1, -0.05) is 75.2 Å². The van der Waals surface area contributed by atoms with Crippen molar-refractivity contribution in [3.63, 3.8) is 0 Å². The second kappa shape index (κ2) is 6.34. The van der Waals surface area contributed by atoms with E-state index in [0.717, 1.165) is 12.3 Å². The molecule has 0 amide bonds. The minimum absolute atomic E-state index is 0.504. The molecule has 1 nitrogen and oxygen atoms in total. The lowest BCUT2D eigenvalue weighted by molar-refractivity contribution is 0.465. The summed E-state index contributed by atoms with van der Waals surface area (Å²) in [5.41, 5.74) is 4.38. The molecule has 0 aliphatic carbocycles. The van der Waals surface area contributed by atoms with Crippen LogP contribution < -0.4 is 4.90 Å². The Morgan fingerprint density at radius 2 is 1.62 bits per heavy atom. The molecular formula is C20H25N. The molecule has 1 unspecified atom stereocenters. The highest BCUT2D eigenvalue weighted by atomic mass is 15.2. The Balaban J connectivity index is 1.93. The predicted octanol–water partition coefficient (Wildman–Crippen LogP) is 5.23. The van der Waals surface area contributed by atoms with Crippen LogP contribution in [0.2, 0.25) is 0 Å². The average Bonchev–Trinajstić information content (AvgIpc) is 2.92. The van der Waals surface area contributed by atoms with Crippen molar-refractivity contribution in [2.75, 3.05) is 11.4 Å². The van der Waals surface area contributed by atoms with E-state index in [-0.39, 0.29) is 0 Å². The topological polar surface area (TPSA) is 3.24 Å². The highest BCUT2D eigenvalue weighted by molar-refractivity contribution is 5.60. The van der Waals surface area contributed by atoms with Gasteiger partial charge in [0.1, 0.15) is 0 Å². The molecule has 2 aromatic rings. The number of fused-ring (bicyclic) bond motifs is 1. The maximum atomic E-state index is 2.64. The lowest BCUT2D eigenvalue weighted by atomic mass is 9.99. The maximum Gasteiger partial charge on any atom is 0.0583 e. The van der Waals surface area contributed by atoms with Gasteiger partial charge in [-0.05, 0) is 29.5 Å². The first kappa shape index (κ1) is 14.2. The Morgan fingerprint density at radius 1 is 0.952 bits per heavy atom. The van der Waals surface area contributed by atoms with Gasteiger partial charge in [0.15, 0.2) is 0 Å². The van der Waals surface area contributed by atoms with E-state index in [4.69, 9.17) is 0 Å². The lowest BCUT2D eigenvalue weighted by Gasteiger charge is -2.31. The molecule has 3 rings (SSSR count). The van der Waals surface area contributed by atoms with Gasteiger partial charge < -0.3 is 4.90 Å². The van der Waals surface area contributed by atoms with Gasteiger partial charge in [0.05, 0.1) is 6.04 Å². The number of hydrogen-bond donors (Lipinski definition) is 0. The van der Waals surface area contributed by atoms with Gasteiger partial charge in [-0.3, -0.25) is 0 Å². The van der Waals surface area contributed by atoms with Gasteiger partial charge in [0.2, 0.25) is 0 Å². The van der Waals surface area contributed by atoms with Crippen molar-refractivity contribution in [3.8, 4) is 0 Å². The average molecular weight is 279 g/mol. The van der Waals surface area contributed by atoms with Crippen LogP contribution in [0.15, 0.2) is 54.6 Å². The summed E-state index contributed by atoms with van der Waals surface area (Å²) in [6, 6.07) is 20.4. The Hall–Kier alpha value is -1.76. The van der Waals surface area contributed by atoms with Gasteiger partial charge in [-0.25, -0.2) is 0 Å². The van der Waals surface area contributed by atoms with Crippen molar-refractivity contribution in [1.29, 1.82) is 0 Å². The molecule has 0 spiro atoms. The first-order chi connectivity index (χ1) is 10.3. The number of nitrogens with zero attached hydrogens (tertiary/aromatic N) is 1. The lowest BCUT2D eigenvalue weighted by Crippen LogP contribution is -2.30. The molecule has 0 bridgehead atoms. The molecule has 1 heterocycles. The third kappa shape index (κ3) is 2.83. The molecule has 0 radical (unpaired) electrons. The molecule has 0 saturated carbocycles. The van der Waals surface area contributed by atoms with E-state index in [9.17, 15) is 0 Å². The van der Waals surface area contributed by atoms with Crippen molar-refractivity contribution in [2.24, 2.45) is 5.92 Å². The first-order valence-electron chi connectivity index (χ1n) is 8.23. The van der Waals surface area contributed by atoms with Crippen molar-refractivity contribution in [2.45, 2.75) is 39.2 Å². The maximum absolute atomic E-state index is 2.64. The van der Waals surface area contributed by atoms with E-state index in [1.807, 2.05) is 0 Å². The highest BCUT2D eigenvalue weighted by Crippen LogP contribution is 2.40. The van der Waals surface area contributed by atoms with Gasteiger partial charge >= 0.3 is 0 Å². The molecule has 1 aliphatic rings. The van der Waals surface area contributed by atoms with Crippen LogP contribution in [0.5, 0.6) is 0 Å². The van der Waals surface area contributed by atoms with Crippen molar-refractivity contribution >= 4 is 5.69 Å². The van der Waals surface area contributed by atoms with E-state index in [1.165, 1.54) is 36.2 Å². The molecule has 110 valence electrons. The SMILES string of the molecule is CCC(CC)CN1c2ccccc2CC1c1ccccc1. The van der Waals surface area contributed by atoms with Gasteiger partial charge in [-0.15, -0.1) is 0 Å². The number of hydrogen-bond acceptors (Lipinski definition) is 1. The fourth-order valence-electron chi connectivity index (χ4n) is 3.47. The number of anilines is 1. The van der Waals surface area contributed by atoms with Crippen LogP contribution in [-0.2, 0) is 6.42 Å². The molecule has 2 aromatic carbocycles. The van der Waals surface area contributed by atoms with E-state index >= 15 is 0 Å². The van der Waals surface area contributed by atoms with Crippen molar-refractivity contribution in [3.05, 3.63) is 65.7 Å². The highest BCUT2D eigenvalue weighted by Gasteiger charge is 2.30. The summed E-state index contributed by atoms with van der Waals surface area (Å²) in [6.45, 7) is 5.80. The summed E-state index contributed by atoms with van der Waals surface area (Å²) >= 11 is 0. The third-order valence-corrected chi connectivity index (χ3v) is 4.88. The van der Waals surface area contributed by atoms with Gasteiger partial charge in [-0.2, -0.15) is 0 Å². The minimum Gasteiger partial charge on any atom is -0.364 e. The zero-order valence-corrected chi connectivity index (χ0v) is 13.1. The van der Waals surface area contributed by atoms with Gasteiger partial charge in [0, 0.05) is 12.2 Å². The molecule has 0 saturated heterocycles. The molecule has 1 atom stereocenters. The van der Waals surface area contributed by atoms with E-state index in [0.29, 0.717) is 6.04 Å². The predicted molar refractivity (Wildman–Crippen MR) is 90.7 cm³/mol. The third-order valence-electron chi connectivity index (χ3n) is 4.88. The molecular weight excluding hydrogens is 254 g/mol. The Morgan fingerprint density at radius 3 is 2.33 bits per heavy atom. The molecule has 0 aromatic heterocycles. The van der Waals surface area contributed by atoms with Crippen molar-refractivity contribution in [1.82, 2.24) is 0 Å².